The number of amides is 1. The molecule has 2 aromatic carbocycles. The van der Waals surface area contributed by atoms with E-state index in [0.717, 1.165) is 5.56 Å². The molecule has 1 aliphatic rings. The van der Waals surface area contributed by atoms with Crippen molar-refractivity contribution in [3.8, 4) is 11.4 Å². The number of hydrogen-bond acceptors (Lipinski definition) is 4. The molecule has 1 N–H and O–H groups in total. The Labute approximate surface area is 189 Å². The van der Waals surface area contributed by atoms with E-state index in [-0.39, 0.29) is 28.5 Å². The van der Waals surface area contributed by atoms with Gasteiger partial charge in [0.25, 0.3) is 5.91 Å². The third-order valence-electron chi connectivity index (χ3n) is 5.38. The summed E-state index contributed by atoms with van der Waals surface area (Å²) in [5, 5.41) is 2.96. The fourth-order valence-electron chi connectivity index (χ4n) is 3.71. The van der Waals surface area contributed by atoms with Gasteiger partial charge in [0.1, 0.15) is 5.82 Å². The number of aromatic nitrogens is 2. The normalized spacial score (nSPS) is 14.7. The highest BCUT2D eigenvalue weighted by atomic mass is 32.2. The number of sulfonamides is 1. The monoisotopic (exact) mass is 452 g/mol. The van der Waals surface area contributed by atoms with Crippen molar-refractivity contribution in [3.63, 3.8) is 0 Å². The molecular weight excluding hydrogens is 424 g/mol. The van der Waals surface area contributed by atoms with Gasteiger partial charge in [0, 0.05) is 25.2 Å². The van der Waals surface area contributed by atoms with Crippen LogP contribution in [0.5, 0.6) is 0 Å². The Bertz CT molecular complexity index is 1210. The van der Waals surface area contributed by atoms with Gasteiger partial charge in [0.15, 0.2) is 5.69 Å². The minimum absolute atomic E-state index is 0.0829. The molecule has 168 valence electrons. The van der Waals surface area contributed by atoms with Crippen LogP contribution >= 0.6 is 0 Å². The number of fused-ring (bicyclic) bond motifs is 1. The summed E-state index contributed by atoms with van der Waals surface area (Å²) in [6.07, 6.45) is 0. The van der Waals surface area contributed by atoms with Crippen LogP contribution in [0.3, 0.4) is 0 Å². The summed E-state index contributed by atoms with van der Waals surface area (Å²) in [4.78, 5) is 18.0. The molecule has 0 radical (unpaired) electrons. The molecule has 0 fully saturated rings. The Kier molecular flexibility index (Phi) is 5.92. The van der Waals surface area contributed by atoms with Gasteiger partial charge in [-0.05, 0) is 17.5 Å². The van der Waals surface area contributed by atoms with Gasteiger partial charge < -0.3 is 9.88 Å². The quantitative estimate of drug-likeness (QED) is 0.642. The van der Waals surface area contributed by atoms with E-state index in [1.54, 1.807) is 30.3 Å². The van der Waals surface area contributed by atoms with Crippen LogP contribution in [-0.4, -0.2) is 41.3 Å². The summed E-state index contributed by atoms with van der Waals surface area (Å²) in [7, 11) is -3.68. The Balaban J connectivity index is 1.73. The van der Waals surface area contributed by atoms with Crippen molar-refractivity contribution in [2.45, 2.75) is 38.8 Å². The van der Waals surface area contributed by atoms with Crippen molar-refractivity contribution in [2.75, 3.05) is 13.1 Å². The standard InChI is InChI=1S/C24H28N4O3S/c1-24(2,3)17-25-23(29)21-20-16-27(32(30,31)19-12-8-5-9-13-19)14-15-28(20)22(26-21)18-10-6-4-7-11-18/h4-13H,14-17H2,1-3H3,(H,25,29). The van der Waals surface area contributed by atoms with E-state index in [2.05, 4.69) is 10.3 Å². The third kappa shape index (κ3) is 4.47. The topological polar surface area (TPSA) is 84.3 Å². The van der Waals surface area contributed by atoms with Crippen molar-refractivity contribution >= 4 is 15.9 Å². The van der Waals surface area contributed by atoms with E-state index < -0.39 is 10.0 Å². The molecule has 0 unspecified atom stereocenters. The average Bonchev–Trinajstić information content (AvgIpc) is 3.17. The van der Waals surface area contributed by atoms with Crippen molar-refractivity contribution in [1.29, 1.82) is 0 Å². The van der Waals surface area contributed by atoms with Gasteiger partial charge in [-0.15, -0.1) is 0 Å². The van der Waals surface area contributed by atoms with Gasteiger partial charge in [-0.2, -0.15) is 4.31 Å². The van der Waals surface area contributed by atoms with Crippen LogP contribution in [0.2, 0.25) is 0 Å². The van der Waals surface area contributed by atoms with E-state index in [1.165, 1.54) is 4.31 Å². The molecule has 7 nitrogen and oxygen atoms in total. The van der Waals surface area contributed by atoms with Crippen LogP contribution in [0.1, 0.15) is 37.0 Å². The second-order valence-corrected chi connectivity index (χ2v) is 11.1. The molecule has 4 rings (SSSR count). The summed E-state index contributed by atoms with van der Waals surface area (Å²) < 4.78 is 29.8. The molecule has 1 aromatic heterocycles. The average molecular weight is 453 g/mol. The maximum absolute atomic E-state index is 13.2. The maximum Gasteiger partial charge on any atom is 0.271 e. The third-order valence-corrected chi connectivity index (χ3v) is 7.24. The van der Waals surface area contributed by atoms with Crippen molar-refractivity contribution < 1.29 is 13.2 Å². The molecule has 0 aliphatic carbocycles. The molecule has 1 amide bonds. The Hall–Kier alpha value is -2.97. The summed E-state index contributed by atoms with van der Waals surface area (Å²) in [6.45, 7) is 7.44. The smallest absolute Gasteiger partial charge is 0.271 e. The van der Waals surface area contributed by atoms with E-state index in [1.807, 2.05) is 55.7 Å². The fourth-order valence-corrected chi connectivity index (χ4v) is 5.12. The maximum atomic E-state index is 13.2. The van der Waals surface area contributed by atoms with E-state index in [9.17, 15) is 13.2 Å². The molecule has 32 heavy (non-hydrogen) atoms. The first-order valence-electron chi connectivity index (χ1n) is 10.6. The fraction of sp³-hybridized carbons (Fsp3) is 0.333. The highest BCUT2D eigenvalue weighted by Crippen LogP contribution is 2.29. The molecule has 3 aromatic rings. The van der Waals surface area contributed by atoms with Crippen LogP contribution < -0.4 is 5.32 Å². The van der Waals surface area contributed by atoms with Gasteiger partial charge in [0.05, 0.1) is 17.1 Å². The zero-order chi connectivity index (χ0) is 22.9. The number of hydrogen-bond donors (Lipinski definition) is 1. The zero-order valence-electron chi connectivity index (χ0n) is 18.6. The number of carbonyl (C=O) groups is 1. The Morgan fingerprint density at radius 3 is 2.25 bits per heavy atom. The summed E-state index contributed by atoms with van der Waals surface area (Å²) in [5.74, 6) is 0.392. The molecule has 0 saturated carbocycles. The first-order chi connectivity index (χ1) is 15.2. The molecular formula is C24H28N4O3S. The van der Waals surface area contributed by atoms with Crippen LogP contribution in [0, 0.1) is 5.41 Å². The van der Waals surface area contributed by atoms with E-state index >= 15 is 0 Å². The summed E-state index contributed by atoms with van der Waals surface area (Å²) in [6, 6.07) is 18.0. The largest absolute Gasteiger partial charge is 0.350 e. The van der Waals surface area contributed by atoms with Gasteiger partial charge in [-0.3, -0.25) is 4.79 Å². The second-order valence-electron chi connectivity index (χ2n) is 9.14. The van der Waals surface area contributed by atoms with Gasteiger partial charge in [-0.25, -0.2) is 13.4 Å². The lowest BCUT2D eigenvalue weighted by atomic mass is 9.97. The van der Waals surface area contributed by atoms with Gasteiger partial charge in [0.2, 0.25) is 10.0 Å². The Morgan fingerprint density at radius 2 is 1.62 bits per heavy atom. The van der Waals surface area contributed by atoms with Crippen LogP contribution in [0.25, 0.3) is 11.4 Å². The zero-order valence-corrected chi connectivity index (χ0v) is 19.4. The lowest BCUT2D eigenvalue weighted by Gasteiger charge is -2.29. The predicted molar refractivity (Wildman–Crippen MR) is 123 cm³/mol. The number of nitrogens with zero attached hydrogens (tertiary/aromatic N) is 3. The molecule has 0 spiro atoms. The molecule has 0 bridgehead atoms. The first kappa shape index (κ1) is 22.2. The predicted octanol–water partition coefficient (Wildman–Crippen LogP) is 3.53. The van der Waals surface area contributed by atoms with Crippen LogP contribution in [0.15, 0.2) is 65.6 Å². The van der Waals surface area contributed by atoms with E-state index in [4.69, 9.17) is 0 Å². The molecule has 0 atom stereocenters. The highest BCUT2D eigenvalue weighted by Gasteiger charge is 2.34. The van der Waals surface area contributed by atoms with Crippen LogP contribution in [0.4, 0.5) is 0 Å². The number of nitrogens with one attached hydrogen (secondary N) is 1. The van der Waals surface area contributed by atoms with Gasteiger partial charge >= 0.3 is 0 Å². The Morgan fingerprint density at radius 1 is 1.00 bits per heavy atom. The minimum Gasteiger partial charge on any atom is -0.350 e. The van der Waals surface area contributed by atoms with Crippen molar-refractivity contribution in [2.24, 2.45) is 5.41 Å². The van der Waals surface area contributed by atoms with Crippen molar-refractivity contribution in [3.05, 3.63) is 72.1 Å². The van der Waals surface area contributed by atoms with Crippen LogP contribution in [-0.2, 0) is 23.1 Å². The number of benzene rings is 2. The lowest BCUT2D eigenvalue weighted by Crippen LogP contribution is -2.39. The summed E-state index contributed by atoms with van der Waals surface area (Å²) in [5.41, 5.74) is 1.70. The number of rotatable bonds is 5. The van der Waals surface area contributed by atoms with E-state index in [0.29, 0.717) is 31.2 Å². The van der Waals surface area contributed by atoms with Crippen molar-refractivity contribution in [1.82, 2.24) is 19.2 Å². The molecule has 2 heterocycles. The molecule has 0 saturated heterocycles. The summed E-state index contributed by atoms with van der Waals surface area (Å²) >= 11 is 0. The number of carbonyl (C=O) groups excluding carboxylic acids is 1. The molecule has 1 aliphatic heterocycles. The second kappa shape index (κ2) is 8.52. The first-order valence-corrected chi connectivity index (χ1v) is 12.1. The molecule has 8 heteroatoms. The highest BCUT2D eigenvalue weighted by molar-refractivity contribution is 7.89. The number of imidazole rings is 1. The SMILES string of the molecule is CC(C)(C)CNC(=O)c1nc(-c2ccccc2)n2c1CN(S(=O)(=O)c1ccccc1)CC2. The lowest BCUT2D eigenvalue weighted by molar-refractivity contribution is 0.0932. The minimum atomic E-state index is -3.68. The van der Waals surface area contributed by atoms with Gasteiger partial charge in [-0.1, -0.05) is 69.3 Å².